The van der Waals surface area contributed by atoms with E-state index in [9.17, 15) is 4.79 Å². The van der Waals surface area contributed by atoms with E-state index >= 15 is 0 Å². The van der Waals surface area contributed by atoms with Crippen LogP contribution in [0.3, 0.4) is 0 Å². The van der Waals surface area contributed by atoms with Gasteiger partial charge in [-0.25, -0.2) is 0 Å². The number of hydrogen-bond donors (Lipinski definition) is 2. The number of amides is 1. The van der Waals surface area contributed by atoms with Crippen LogP contribution in [0.25, 0.3) is 0 Å². The number of nitrogens with zero attached hydrogens (tertiary/aromatic N) is 1. The molecule has 0 bridgehead atoms. The molecule has 1 heterocycles. The molecule has 1 aliphatic heterocycles. The second-order valence-corrected chi connectivity index (χ2v) is 6.46. The molecule has 3 N–H and O–H groups in total. The Kier molecular flexibility index (Phi) is 8.93. The summed E-state index contributed by atoms with van der Waals surface area (Å²) in [6.07, 6.45) is 1.94. The van der Waals surface area contributed by atoms with Crippen LogP contribution in [-0.2, 0) is 0 Å². The van der Waals surface area contributed by atoms with E-state index in [0.29, 0.717) is 17.3 Å². The molecule has 6 heteroatoms. The molecule has 1 saturated heterocycles. The predicted octanol–water partition coefficient (Wildman–Crippen LogP) is 4.07. The van der Waals surface area contributed by atoms with Gasteiger partial charge in [0.15, 0.2) is 0 Å². The van der Waals surface area contributed by atoms with E-state index in [2.05, 4.69) is 41.4 Å². The molecule has 0 aromatic heterocycles. The van der Waals surface area contributed by atoms with Crippen LogP contribution < -0.4 is 11.1 Å². The molecule has 1 unspecified atom stereocenters. The van der Waals surface area contributed by atoms with Crippen molar-refractivity contribution >= 4 is 36.4 Å². The van der Waals surface area contributed by atoms with Crippen molar-refractivity contribution in [1.82, 2.24) is 10.2 Å². The lowest BCUT2D eigenvalue weighted by Gasteiger charge is -2.36. The molecule has 0 spiro atoms. The molecule has 142 valence electrons. The van der Waals surface area contributed by atoms with Crippen molar-refractivity contribution in [3.05, 3.63) is 65.7 Å². The van der Waals surface area contributed by atoms with Crippen molar-refractivity contribution in [2.45, 2.75) is 31.8 Å². The van der Waals surface area contributed by atoms with Crippen LogP contribution in [0.5, 0.6) is 0 Å². The smallest absolute Gasteiger partial charge is 0.253 e. The lowest BCUT2D eigenvalue weighted by molar-refractivity contribution is 0.0897. The van der Waals surface area contributed by atoms with Gasteiger partial charge in [0.25, 0.3) is 5.91 Å². The van der Waals surface area contributed by atoms with Crippen molar-refractivity contribution in [2.75, 3.05) is 18.8 Å². The molecule has 1 atom stereocenters. The van der Waals surface area contributed by atoms with E-state index < -0.39 is 0 Å². The van der Waals surface area contributed by atoms with Gasteiger partial charge in [-0.1, -0.05) is 42.5 Å². The van der Waals surface area contributed by atoms with Crippen molar-refractivity contribution in [3.8, 4) is 0 Å². The van der Waals surface area contributed by atoms with E-state index in [1.165, 1.54) is 5.56 Å². The van der Waals surface area contributed by atoms with Gasteiger partial charge in [0, 0.05) is 30.9 Å². The third-order valence-corrected chi connectivity index (χ3v) is 4.90. The number of nitrogens with two attached hydrogens (primary N) is 1. The highest BCUT2D eigenvalue weighted by molar-refractivity contribution is 5.99. The lowest BCUT2D eigenvalue weighted by Crippen LogP contribution is -2.45. The molecule has 0 aliphatic carbocycles. The molecule has 4 nitrogen and oxygen atoms in total. The highest BCUT2D eigenvalue weighted by Gasteiger charge is 2.25. The molecule has 1 fully saturated rings. The number of para-hydroxylation sites is 1. The number of benzene rings is 2. The Labute approximate surface area is 168 Å². The first kappa shape index (κ1) is 22.3. The molecule has 3 rings (SSSR count). The summed E-state index contributed by atoms with van der Waals surface area (Å²) in [7, 11) is 0. The fourth-order valence-corrected chi connectivity index (χ4v) is 3.34. The number of nitrogen functional groups attached to an aromatic ring is 1. The van der Waals surface area contributed by atoms with Gasteiger partial charge >= 0.3 is 0 Å². The van der Waals surface area contributed by atoms with Gasteiger partial charge in [-0.15, -0.1) is 24.8 Å². The molecular weight excluding hydrogens is 369 g/mol. The maximum absolute atomic E-state index is 12.4. The monoisotopic (exact) mass is 395 g/mol. The Bertz CT molecular complexity index is 688. The number of piperidine rings is 1. The van der Waals surface area contributed by atoms with Gasteiger partial charge in [-0.3, -0.25) is 9.69 Å². The first-order valence-corrected chi connectivity index (χ1v) is 8.59. The predicted molar refractivity (Wildman–Crippen MR) is 112 cm³/mol. The molecule has 26 heavy (non-hydrogen) atoms. The molecule has 2 aromatic carbocycles. The maximum Gasteiger partial charge on any atom is 0.253 e. The normalized spacial score (nSPS) is 16.0. The average Bonchev–Trinajstić information content (AvgIpc) is 2.63. The standard InChI is InChI=1S/C20H25N3O.2ClH/c1-15(16-7-3-2-4-8-16)23-13-11-17(12-14-23)22-20(24)18-9-5-6-10-19(18)21;;/h2-10,15,17H,11-14,21H2,1H3,(H,22,24);2*1H. The van der Waals surface area contributed by atoms with E-state index in [1.807, 2.05) is 18.2 Å². The third kappa shape index (κ3) is 5.37. The van der Waals surface area contributed by atoms with Crippen molar-refractivity contribution < 1.29 is 4.79 Å². The fourth-order valence-electron chi connectivity index (χ4n) is 3.34. The van der Waals surface area contributed by atoms with Gasteiger partial charge < -0.3 is 11.1 Å². The summed E-state index contributed by atoms with van der Waals surface area (Å²) in [5, 5.41) is 3.13. The Morgan fingerprint density at radius 3 is 2.23 bits per heavy atom. The van der Waals surface area contributed by atoms with Gasteiger partial charge in [-0.05, 0) is 37.5 Å². The van der Waals surface area contributed by atoms with Crippen molar-refractivity contribution in [2.24, 2.45) is 0 Å². The summed E-state index contributed by atoms with van der Waals surface area (Å²) >= 11 is 0. The fraction of sp³-hybridized carbons (Fsp3) is 0.350. The van der Waals surface area contributed by atoms with Gasteiger partial charge in [-0.2, -0.15) is 0 Å². The highest BCUT2D eigenvalue weighted by Crippen LogP contribution is 2.24. The minimum absolute atomic E-state index is 0. The van der Waals surface area contributed by atoms with E-state index in [-0.39, 0.29) is 36.8 Å². The minimum Gasteiger partial charge on any atom is -0.398 e. The Balaban J connectivity index is 0.00000169. The zero-order valence-electron chi connectivity index (χ0n) is 14.9. The van der Waals surface area contributed by atoms with E-state index in [4.69, 9.17) is 5.73 Å². The van der Waals surface area contributed by atoms with Crippen LogP contribution in [0.2, 0.25) is 0 Å². The number of carbonyl (C=O) groups excluding carboxylic acids is 1. The van der Waals surface area contributed by atoms with E-state index in [0.717, 1.165) is 25.9 Å². The number of halogens is 2. The Morgan fingerprint density at radius 1 is 1.04 bits per heavy atom. The molecule has 1 amide bonds. The number of anilines is 1. The quantitative estimate of drug-likeness (QED) is 0.766. The summed E-state index contributed by atoms with van der Waals surface area (Å²) in [6.45, 7) is 4.23. The summed E-state index contributed by atoms with van der Waals surface area (Å²) in [5.74, 6) is -0.0670. The lowest BCUT2D eigenvalue weighted by atomic mass is 10.00. The number of hydrogen-bond acceptors (Lipinski definition) is 3. The van der Waals surface area contributed by atoms with Crippen LogP contribution in [0.4, 0.5) is 5.69 Å². The largest absolute Gasteiger partial charge is 0.398 e. The molecule has 2 aromatic rings. The summed E-state index contributed by atoms with van der Waals surface area (Å²) in [4.78, 5) is 14.8. The summed E-state index contributed by atoms with van der Waals surface area (Å²) < 4.78 is 0. The second kappa shape index (κ2) is 10.4. The number of likely N-dealkylation sites (tertiary alicyclic amines) is 1. The van der Waals surface area contributed by atoms with Crippen LogP contribution in [0.15, 0.2) is 54.6 Å². The summed E-state index contributed by atoms with van der Waals surface area (Å²) in [6, 6.07) is 18.4. The minimum atomic E-state index is -0.0670. The second-order valence-electron chi connectivity index (χ2n) is 6.46. The average molecular weight is 396 g/mol. The van der Waals surface area contributed by atoms with Crippen LogP contribution in [0.1, 0.15) is 41.7 Å². The van der Waals surface area contributed by atoms with Gasteiger partial charge in [0.1, 0.15) is 0 Å². The first-order valence-electron chi connectivity index (χ1n) is 8.59. The molecule has 0 saturated carbocycles. The zero-order valence-corrected chi connectivity index (χ0v) is 16.6. The zero-order chi connectivity index (χ0) is 16.9. The number of nitrogens with one attached hydrogen (secondary N) is 1. The van der Waals surface area contributed by atoms with Crippen molar-refractivity contribution in [1.29, 1.82) is 0 Å². The van der Waals surface area contributed by atoms with Crippen LogP contribution in [0, 0.1) is 0 Å². The summed E-state index contributed by atoms with van der Waals surface area (Å²) in [5.41, 5.74) is 8.33. The van der Waals surface area contributed by atoms with E-state index in [1.54, 1.807) is 12.1 Å². The highest BCUT2D eigenvalue weighted by atomic mass is 35.5. The third-order valence-electron chi connectivity index (χ3n) is 4.90. The van der Waals surface area contributed by atoms with Gasteiger partial charge in [0.2, 0.25) is 0 Å². The van der Waals surface area contributed by atoms with Crippen molar-refractivity contribution in [3.63, 3.8) is 0 Å². The number of rotatable bonds is 4. The Hall–Kier alpha value is -1.75. The molecule has 1 aliphatic rings. The SMILES string of the molecule is CC(c1ccccc1)N1CCC(NC(=O)c2ccccc2N)CC1.Cl.Cl. The maximum atomic E-state index is 12.4. The molecular formula is C20H27Cl2N3O. The number of carbonyl (C=O) groups is 1. The molecule has 0 radical (unpaired) electrons. The van der Waals surface area contributed by atoms with Crippen LogP contribution >= 0.6 is 24.8 Å². The van der Waals surface area contributed by atoms with Crippen LogP contribution in [-0.4, -0.2) is 29.9 Å². The Morgan fingerprint density at radius 2 is 1.62 bits per heavy atom. The van der Waals surface area contributed by atoms with Gasteiger partial charge in [0.05, 0.1) is 5.56 Å². The first-order chi connectivity index (χ1) is 11.6. The topological polar surface area (TPSA) is 58.4 Å².